The number of hydrogen-bond acceptors (Lipinski definition) is 5. The molecule has 5 rings (SSSR count). The van der Waals surface area contributed by atoms with Crippen molar-refractivity contribution in [1.29, 1.82) is 0 Å². The molecule has 0 aliphatic carbocycles. The first kappa shape index (κ1) is 26.5. The predicted octanol–water partition coefficient (Wildman–Crippen LogP) is 4.21. The number of carbonyl (C=O) groups is 2. The topological polar surface area (TPSA) is 109 Å². The molecule has 0 bridgehead atoms. The largest absolute Gasteiger partial charge is 0.465 e. The zero-order chi connectivity index (χ0) is 26.0. The van der Waals surface area contributed by atoms with Gasteiger partial charge < -0.3 is 30.2 Å². The summed E-state index contributed by atoms with van der Waals surface area (Å²) >= 11 is 0. The van der Waals surface area contributed by atoms with E-state index >= 15 is 0 Å². The molecule has 4 aliphatic rings. The third kappa shape index (κ3) is 5.56. The lowest BCUT2D eigenvalue weighted by atomic mass is 9.65. The number of nitrogens with one attached hydrogen (secondary N) is 1. The van der Waals surface area contributed by atoms with E-state index in [9.17, 15) is 14.7 Å². The minimum atomic E-state index is -0.770. The van der Waals surface area contributed by atoms with Gasteiger partial charge in [0.05, 0.1) is 0 Å². The van der Waals surface area contributed by atoms with Gasteiger partial charge in [0.1, 0.15) is 0 Å². The summed E-state index contributed by atoms with van der Waals surface area (Å²) in [5.74, 6) is 0. The second kappa shape index (κ2) is 10.4. The van der Waals surface area contributed by atoms with Gasteiger partial charge in [0.25, 0.3) is 0 Å². The van der Waals surface area contributed by atoms with E-state index in [0.29, 0.717) is 19.6 Å². The van der Waals surface area contributed by atoms with Crippen LogP contribution >= 0.6 is 0 Å². The van der Waals surface area contributed by atoms with Gasteiger partial charge in [-0.3, -0.25) is 4.98 Å². The molecule has 4 saturated heterocycles. The lowest BCUT2D eigenvalue weighted by molar-refractivity contribution is 0.0354. The van der Waals surface area contributed by atoms with E-state index in [0.717, 1.165) is 64.7 Å². The average Bonchev–Trinajstić information content (AvgIpc) is 3.43. The summed E-state index contributed by atoms with van der Waals surface area (Å²) in [7, 11) is 0. The molecule has 36 heavy (non-hydrogen) atoms. The molecule has 4 fully saturated rings. The first-order valence-corrected chi connectivity index (χ1v) is 13.4. The van der Waals surface area contributed by atoms with Crippen molar-refractivity contribution < 1.29 is 19.8 Å². The van der Waals surface area contributed by atoms with Crippen LogP contribution in [0.25, 0.3) is 0 Å². The monoisotopic (exact) mass is 501 g/mol. The van der Waals surface area contributed by atoms with E-state index in [4.69, 9.17) is 5.11 Å². The average molecular weight is 502 g/mol. The zero-order valence-corrected chi connectivity index (χ0v) is 22.1. The molecule has 3 N–H and O–H groups in total. The number of pyridine rings is 1. The van der Waals surface area contributed by atoms with Crippen LogP contribution in [0.3, 0.4) is 0 Å². The van der Waals surface area contributed by atoms with E-state index in [1.807, 2.05) is 24.5 Å². The lowest BCUT2D eigenvalue weighted by Crippen LogP contribution is -2.53. The number of aromatic nitrogens is 1. The molecule has 9 heteroatoms. The number of rotatable bonds is 1. The molecule has 200 valence electrons. The van der Waals surface area contributed by atoms with Crippen molar-refractivity contribution in [2.75, 3.05) is 50.7 Å². The van der Waals surface area contributed by atoms with E-state index < -0.39 is 12.2 Å². The Balaban J connectivity index is 0.000000170. The fourth-order valence-corrected chi connectivity index (χ4v) is 7.28. The van der Waals surface area contributed by atoms with Crippen molar-refractivity contribution in [1.82, 2.24) is 20.1 Å². The molecule has 0 aromatic carbocycles. The van der Waals surface area contributed by atoms with Crippen LogP contribution in [-0.2, 0) is 0 Å². The number of likely N-dealkylation sites (tertiary alicyclic amines) is 2. The second-order valence-corrected chi connectivity index (χ2v) is 12.3. The normalized spacial score (nSPS) is 25.1. The third-order valence-electron chi connectivity index (χ3n) is 8.97. The van der Waals surface area contributed by atoms with Crippen LogP contribution in [0.4, 0.5) is 15.3 Å². The predicted molar refractivity (Wildman–Crippen MR) is 139 cm³/mol. The van der Waals surface area contributed by atoms with E-state index in [1.54, 1.807) is 9.80 Å². The quantitative estimate of drug-likeness (QED) is 0.529. The van der Waals surface area contributed by atoms with Crippen LogP contribution in [0.1, 0.15) is 59.3 Å². The van der Waals surface area contributed by atoms with Gasteiger partial charge in [-0.1, -0.05) is 20.8 Å². The fraction of sp³-hybridized carbons (Fsp3) is 0.741. The minimum Gasteiger partial charge on any atom is -0.465 e. The number of nitrogens with zero attached hydrogens (tertiary/aromatic N) is 4. The Morgan fingerprint density at radius 1 is 0.917 bits per heavy atom. The van der Waals surface area contributed by atoms with E-state index in [1.165, 1.54) is 5.69 Å². The molecule has 0 saturated carbocycles. The van der Waals surface area contributed by atoms with Gasteiger partial charge in [0.2, 0.25) is 0 Å². The van der Waals surface area contributed by atoms with E-state index in [2.05, 4.69) is 36.0 Å². The standard InChI is InChI=1S/C14H19N3O2.C13H24N2O2/c18-13(19)17-10-5-14(11-17)3-8-16(9-4-14)12-1-6-15-7-2-12;1-12(2,3)10-13(4-7-14-8-5-13)6-9-15(10)11(16)17/h1-2,6-7H,3-5,8-11H2,(H,18,19);10,14H,4-9H2,1-3H3,(H,16,17). The van der Waals surface area contributed by atoms with Crippen molar-refractivity contribution in [3.63, 3.8) is 0 Å². The van der Waals surface area contributed by atoms with Gasteiger partial charge in [-0.2, -0.15) is 0 Å². The summed E-state index contributed by atoms with van der Waals surface area (Å²) < 4.78 is 0. The molecule has 1 unspecified atom stereocenters. The number of piperidine rings is 2. The molecule has 4 aliphatic heterocycles. The van der Waals surface area contributed by atoms with Gasteiger partial charge in [0, 0.05) is 56.8 Å². The van der Waals surface area contributed by atoms with Crippen molar-refractivity contribution in [3.8, 4) is 0 Å². The Hall–Kier alpha value is -2.55. The van der Waals surface area contributed by atoms with Gasteiger partial charge in [0.15, 0.2) is 0 Å². The highest BCUT2D eigenvalue weighted by Gasteiger charge is 2.53. The highest BCUT2D eigenvalue weighted by atomic mass is 16.4. The van der Waals surface area contributed by atoms with Gasteiger partial charge in [-0.05, 0) is 80.0 Å². The van der Waals surface area contributed by atoms with Gasteiger partial charge in [-0.15, -0.1) is 0 Å². The van der Waals surface area contributed by atoms with Crippen LogP contribution in [0.5, 0.6) is 0 Å². The van der Waals surface area contributed by atoms with Crippen LogP contribution in [0.15, 0.2) is 24.5 Å². The molecule has 0 radical (unpaired) electrons. The summed E-state index contributed by atoms with van der Waals surface area (Å²) in [6.45, 7) is 12.7. The molecule has 1 aromatic rings. The maximum Gasteiger partial charge on any atom is 0.407 e. The molecule has 2 spiro atoms. The molecule has 9 nitrogen and oxygen atoms in total. The van der Waals surface area contributed by atoms with Crippen LogP contribution in [0, 0.1) is 16.2 Å². The number of carboxylic acid groups (broad SMARTS) is 2. The summed E-state index contributed by atoms with van der Waals surface area (Å²) in [5, 5.41) is 21.8. The van der Waals surface area contributed by atoms with E-state index in [-0.39, 0.29) is 22.3 Å². The lowest BCUT2D eigenvalue weighted by Gasteiger charge is -2.47. The number of amides is 2. The minimum absolute atomic E-state index is 0.0201. The molecule has 1 atom stereocenters. The van der Waals surface area contributed by atoms with Crippen LogP contribution < -0.4 is 10.2 Å². The van der Waals surface area contributed by atoms with Gasteiger partial charge in [-0.25, -0.2) is 9.59 Å². The maximum atomic E-state index is 11.4. The number of anilines is 1. The first-order valence-electron chi connectivity index (χ1n) is 13.4. The number of hydrogen-bond donors (Lipinski definition) is 3. The molecule has 1 aromatic heterocycles. The van der Waals surface area contributed by atoms with Crippen molar-refractivity contribution in [3.05, 3.63) is 24.5 Å². The summed E-state index contributed by atoms with van der Waals surface area (Å²) in [6, 6.07) is 4.24. The smallest absolute Gasteiger partial charge is 0.407 e. The Bertz CT molecular complexity index is 904. The van der Waals surface area contributed by atoms with Crippen molar-refractivity contribution >= 4 is 17.9 Å². The summed E-state index contributed by atoms with van der Waals surface area (Å²) in [4.78, 5) is 32.1. The third-order valence-corrected chi connectivity index (χ3v) is 8.97. The highest BCUT2D eigenvalue weighted by Crippen LogP contribution is 2.50. The van der Waals surface area contributed by atoms with Crippen molar-refractivity contribution in [2.45, 2.75) is 65.3 Å². The van der Waals surface area contributed by atoms with Crippen LogP contribution in [-0.4, -0.2) is 89.0 Å². The fourth-order valence-electron chi connectivity index (χ4n) is 7.28. The summed E-state index contributed by atoms with van der Waals surface area (Å²) in [6.07, 6.45) is 8.55. The SMILES string of the molecule is CC(C)(C)C1N(C(=O)O)CCC12CCNCC2.O=C(O)N1CCC2(CCN(c3ccncc3)CC2)C1. The van der Waals surface area contributed by atoms with Crippen molar-refractivity contribution in [2.24, 2.45) is 16.2 Å². The zero-order valence-electron chi connectivity index (χ0n) is 22.1. The Labute approximate surface area is 214 Å². The molecule has 2 amide bonds. The second-order valence-electron chi connectivity index (χ2n) is 12.3. The molecular formula is C27H43N5O4. The van der Waals surface area contributed by atoms with Gasteiger partial charge >= 0.3 is 12.2 Å². The first-order chi connectivity index (χ1) is 17.1. The summed E-state index contributed by atoms with van der Waals surface area (Å²) in [5.41, 5.74) is 1.67. The highest BCUT2D eigenvalue weighted by molar-refractivity contribution is 5.66. The molecule has 5 heterocycles. The molecular weight excluding hydrogens is 458 g/mol. The Morgan fingerprint density at radius 2 is 1.53 bits per heavy atom. The Kier molecular flexibility index (Phi) is 7.69. The Morgan fingerprint density at radius 3 is 2.06 bits per heavy atom. The maximum absolute atomic E-state index is 11.4. The van der Waals surface area contributed by atoms with Crippen LogP contribution in [0.2, 0.25) is 0 Å².